The predicted molar refractivity (Wildman–Crippen MR) is 114 cm³/mol. The minimum atomic E-state index is -3.67. The lowest BCUT2D eigenvalue weighted by Crippen LogP contribution is -2.49. The summed E-state index contributed by atoms with van der Waals surface area (Å²) in [6.07, 6.45) is 0.233. The van der Waals surface area contributed by atoms with Gasteiger partial charge in [-0.15, -0.1) is 0 Å². The smallest absolute Gasteiger partial charge is 0.339 e. The molecule has 1 heterocycles. The zero-order chi connectivity index (χ0) is 22.1. The molecule has 1 atom stereocenters. The molecular weight excluding hydrogens is 404 g/mol. The Bertz CT molecular complexity index is 1090. The summed E-state index contributed by atoms with van der Waals surface area (Å²) in [5, 5.41) is 2.76. The second-order valence-corrected chi connectivity index (χ2v) is 9.41. The van der Waals surface area contributed by atoms with Crippen LogP contribution < -0.4 is 5.32 Å². The molecule has 7 nitrogen and oxygen atoms in total. The van der Waals surface area contributed by atoms with Crippen LogP contribution in [-0.2, 0) is 26.0 Å². The number of aryl methyl sites for hydroxylation is 1. The van der Waals surface area contributed by atoms with Crippen molar-refractivity contribution in [1.82, 2.24) is 4.31 Å². The third kappa shape index (κ3) is 3.97. The molecule has 0 aromatic heterocycles. The van der Waals surface area contributed by atoms with Crippen molar-refractivity contribution in [1.29, 1.82) is 0 Å². The van der Waals surface area contributed by atoms with E-state index in [4.69, 9.17) is 4.74 Å². The number of rotatable bonds is 6. The van der Waals surface area contributed by atoms with E-state index < -0.39 is 27.5 Å². The second kappa shape index (κ2) is 8.20. The monoisotopic (exact) mass is 430 g/mol. The average molecular weight is 431 g/mol. The van der Waals surface area contributed by atoms with Gasteiger partial charge in [-0.1, -0.05) is 38.1 Å². The van der Waals surface area contributed by atoms with E-state index in [1.54, 1.807) is 58.0 Å². The number of amides is 1. The van der Waals surface area contributed by atoms with Crippen molar-refractivity contribution in [2.75, 3.05) is 18.4 Å². The van der Waals surface area contributed by atoms with Gasteiger partial charge in [-0.05, 0) is 43.2 Å². The summed E-state index contributed by atoms with van der Waals surface area (Å²) in [5.74, 6) is -1.06. The van der Waals surface area contributed by atoms with E-state index in [0.717, 1.165) is 5.56 Å². The Morgan fingerprint density at radius 1 is 1.17 bits per heavy atom. The third-order valence-corrected chi connectivity index (χ3v) is 7.41. The van der Waals surface area contributed by atoms with Crippen molar-refractivity contribution < 1.29 is 22.7 Å². The standard InChI is InChI=1S/C22H26N2O5S/c1-5-24(6-2)30(27,28)17-12-11-15(3)19(13-17)23-21(26)22(4)14-16-9-7-8-10-18(16)20(25)29-22/h7-13H,5-6,14H2,1-4H3,(H,23,26). The molecule has 0 saturated carbocycles. The SMILES string of the molecule is CCN(CC)S(=O)(=O)c1ccc(C)c(NC(=O)C2(C)Cc3ccccc3C(=O)O2)c1. The van der Waals surface area contributed by atoms with E-state index in [1.165, 1.54) is 16.4 Å². The fraction of sp³-hybridized carbons (Fsp3) is 0.364. The number of carbonyl (C=O) groups is 2. The van der Waals surface area contributed by atoms with Crippen LogP contribution in [-0.4, -0.2) is 43.3 Å². The Morgan fingerprint density at radius 2 is 1.83 bits per heavy atom. The van der Waals surface area contributed by atoms with Gasteiger partial charge in [0, 0.05) is 25.2 Å². The number of hydrogen-bond donors (Lipinski definition) is 1. The first-order chi connectivity index (χ1) is 14.1. The molecule has 1 aliphatic rings. The molecule has 0 fully saturated rings. The van der Waals surface area contributed by atoms with E-state index >= 15 is 0 Å². The molecule has 3 rings (SSSR count). The third-order valence-electron chi connectivity index (χ3n) is 5.36. The molecule has 0 aliphatic carbocycles. The Kier molecular flexibility index (Phi) is 6.01. The summed E-state index contributed by atoms with van der Waals surface area (Å²) >= 11 is 0. The molecule has 1 unspecified atom stereocenters. The summed E-state index contributed by atoms with van der Waals surface area (Å²) in [6, 6.07) is 11.6. The minimum Gasteiger partial charge on any atom is -0.445 e. The van der Waals surface area contributed by atoms with Gasteiger partial charge in [-0.2, -0.15) is 4.31 Å². The molecule has 0 spiro atoms. The fourth-order valence-electron chi connectivity index (χ4n) is 3.52. The lowest BCUT2D eigenvalue weighted by atomic mass is 9.89. The predicted octanol–water partition coefficient (Wildman–Crippen LogP) is 3.14. The number of hydrogen-bond acceptors (Lipinski definition) is 5. The van der Waals surface area contributed by atoms with E-state index in [-0.39, 0.29) is 11.3 Å². The number of ether oxygens (including phenoxy) is 1. The first-order valence-corrected chi connectivity index (χ1v) is 11.3. The second-order valence-electron chi connectivity index (χ2n) is 7.47. The van der Waals surface area contributed by atoms with Crippen LogP contribution in [0.3, 0.4) is 0 Å². The first kappa shape index (κ1) is 22.0. The number of cyclic esters (lactones) is 1. The molecule has 2 aromatic rings. The van der Waals surface area contributed by atoms with Gasteiger partial charge in [0.1, 0.15) is 0 Å². The van der Waals surface area contributed by atoms with E-state index in [2.05, 4.69) is 5.32 Å². The quantitative estimate of drug-likeness (QED) is 0.711. The summed E-state index contributed by atoms with van der Waals surface area (Å²) in [4.78, 5) is 25.5. The summed E-state index contributed by atoms with van der Waals surface area (Å²) in [5.41, 5.74) is 0.857. The molecule has 1 N–H and O–H groups in total. The van der Waals surface area contributed by atoms with Crippen molar-refractivity contribution in [3.63, 3.8) is 0 Å². The Hall–Kier alpha value is -2.71. The summed E-state index contributed by atoms with van der Waals surface area (Å²) in [7, 11) is -3.67. The molecule has 1 amide bonds. The molecule has 160 valence electrons. The van der Waals surface area contributed by atoms with Gasteiger partial charge in [-0.25, -0.2) is 13.2 Å². The maximum Gasteiger partial charge on any atom is 0.339 e. The number of benzene rings is 2. The maximum absolute atomic E-state index is 13.1. The molecule has 2 aromatic carbocycles. The van der Waals surface area contributed by atoms with Crippen LogP contribution in [0.2, 0.25) is 0 Å². The molecule has 1 aliphatic heterocycles. The highest BCUT2D eigenvalue weighted by Gasteiger charge is 2.42. The van der Waals surface area contributed by atoms with Crippen LogP contribution >= 0.6 is 0 Å². The van der Waals surface area contributed by atoms with Gasteiger partial charge in [0.25, 0.3) is 5.91 Å². The Labute approximate surface area is 177 Å². The zero-order valence-electron chi connectivity index (χ0n) is 17.6. The van der Waals surface area contributed by atoms with Crippen LogP contribution in [0.4, 0.5) is 5.69 Å². The highest BCUT2D eigenvalue weighted by atomic mass is 32.2. The van der Waals surface area contributed by atoms with Crippen LogP contribution in [0.5, 0.6) is 0 Å². The van der Waals surface area contributed by atoms with E-state index in [1.807, 2.05) is 0 Å². The number of nitrogens with zero attached hydrogens (tertiary/aromatic N) is 1. The minimum absolute atomic E-state index is 0.100. The fourth-order valence-corrected chi connectivity index (χ4v) is 5.01. The largest absolute Gasteiger partial charge is 0.445 e. The molecular formula is C22H26N2O5S. The van der Waals surface area contributed by atoms with Crippen molar-refractivity contribution in [2.24, 2.45) is 0 Å². The normalized spacial score (nSPS) is 18.6. The van der Waals surface area contributed by atoms with Crippen molar-refractivity contribution in [3.05, 3.63) is 59.2 Å². The van der Waals surface area contributed by atoms with Crippen molar-refractivity contribution in [2.45, 2.75) is 44.6 Å². The molecule has 0 bridgehead atoms. The lowest BCUT2D eigenvalue weighted by Gasteiger charge is -2.33. The number of sulfonamides is 1. The highest BCUT2D eigenvalue weighted by molar-refractivity contribution is 7.89. The number of nitrogens with one attached hydrogen (secondary N) is 1. The van der Waals surface area contributed by atoms with Crippen LogP contribution in [0.15, 0.2) is 47.4 Å². The Balaban J connectivity index is 1.90. The number of esters is 1. The van der Waals surface area contributed by atoms with E-state index in [0.29, 0.717) is 29.9 Å². The van der Waals surface area contributed by atoms with Gasteiger partial charge >= 0.3 is 5.97 Å². The first-order valence-electron chi connectivity index (χ1n) is 9.86. The van der Waals surface area contributed by atoms with Crippen LogP contribution in [0, 0.1) is 6.92 Å². The van der Waals surface area contributed by atoms with Gasteiger partial charge in [0.2, 0.25) is 10.0 Å². The molecule has 0 saturated heterocycles. The summed E-state index contributed by atoms with van der Waals surface area (Å²) in [6.45, 7) is 7.57. The van der Waals surface area contributed by atoms with Gasteiger partial charge in [-0.3, -0.25) is 4.79 Å². The van der Waals surface area contributed by atoms with Crippen molar-refractivity contribution in [3.8, 4) is 0 Å². The van der Waals surface area contributed by atoms with E-state index in [9.17, 15) is 18.0 Å². The number of carbonyl (C=O) groups excluding carboxylic acids is 2. The van der Waals surface area contributed by atoms with Gasteiger partial charge < -0.3 is 10.1 Å². The molecule has 30 heavy (non-hydrogen) atoms. The molecule has 0 radical (unpaired) electrons. The van der Waals surface area contributed by atoms with Gasteiger partial charge in [0.05, 0.1) is 10.5 Å². The maximum atomic E-state index is 13.1. The lowest BCUT2D eigenvalue weighted by molar-refractivity contribution is -0.134. The van der Waals surface area contributed by atoms with Crippen molar-refractivity contribution >= 4 is 27.6 Å². The number of anilines is 1. The Morgan fingerprint density at radius 3 is 2.50 bits per heavy atom. The average Bonchev–Trinajstić information content (AvgIpc) is 2.70. The van der Waals surface area contributed by atoms with Crippen LogP contribution in [0.1, 0.15) is 42.3 Å². The number of fused-ring (bicyclic) bond motifs is 1. The topological polar surface area (TPSA) is 92.8 Å². The van der Waals surface area contributed by atoms with Gasteiger partial charge in [0.15, 0.2) is 5.60 Å². The highest BCUT2D eigenvalue weighted by Crippen LogP contribution is 2.30. The van der Waals surface area contributed by atoms with Crippen LogP contribution in [0.25, 0.3) is 0 Å². The zero-order valence-corrected chi connectivity index (χ0v) is 18.4. The molecule has 8 heteroatoms. The summed E-state index contributed by atoms with van der Waals surface area (Å²) < 4.78 is 32.5.